The Hall–Kier alpha value is -1.25. The van der Waals surface area contributed by atoms with Crippen LogP contribution in [0.2, 0.25) is 0 Å². The molecular weight excluding hydrogens is 190 g/mol. The Labute approximate surface area is 91.2 Å². The molecule has 0 aromatic heterocycles. The van der Waals surface area contributed by atoms with Gasteiger partial charge in [-0.1, -0.05) is 12.2 Å². The van der Waals surface area contributed by atoms with Crippen LogP contribution in [0.4, 0.5) is 4.79 Å². The van der Waals surface area contributed by atoms with Crippen molar-refractivity contribution in [2.75, 3.05) is 0 Å². The number of ether oxygens (including phenoxy) is 1. The molecule has 84 valence electrons. The van der Waals surface area contributed by atoms with E-state index in [2.05, 4.69) is 11.4 Å². The summed E-state index contributed by atoms with van der Waals surface area (Å²) >= 11 is 0. The second-order valence-electron chi connectivity index (χ2n) is 4.71. The molecule has 3 heteroatoms. The van der Waals surface area contributed by atoms with Crippen LogP contribution >= 0.6 is 0 Å². The fourth-order valence-electron chi connectivity index (χ4n) is 1.36. The van der Waals surface area contributed by atoms with Crippen LogP contribution in [0.1, 0.15) is 40.5 Å². The third kappa shape index (κ3) is 4.19. The van der Waals surface area contributed by atoms with Gasteiger partial charge in [-0.25, -0.2) is 4.79 Å². The van der Waals surface area contributed by atoms with Gasteiger partial charge in [0.15, 0.2) is 0 Å². The number of carbonyl (C=O) groups is 1. The number of carbonyl (C=O) groups excluding carboxylic acids is 1. The van der Waals surface area contributed by atoms with Gasteiger partial charge >= 0.3 is 6.09 Å². The monoisotopic (exact) mass is 209 g/mol. The van der Waals surface area contributed by atoms with Crippen LogP contribution in [0, 0.1) is 0 Å². The maximum Gasteiger partial charge on any atom is 0.412 e. The fraction of sp³-hybridized carbons (Fsp3) is 0.583. The summed E-state index contributed by atoms with van der Waals surface area (Å²) in [6.07, 6.45) is 5.78. The number of hydrogen-bond donors (Lipinski definition) is 1. The lowest BCUT2D eigenvalue weighted by Crippen LogP contribution is -2.32. The molecule has 0 atom stereocenters. The van der Waals surface area contributed by atoms with E-state index in [0.29, 0.717) is 0 Å². The van der Waals surface area contributed by atoms with Crippen molar-refractivity contribution in [3.8, 4) is 0 Å². The van der Waals surface area contributed by atoms with Crippen molar-refractivity contribution in [2.24, 2.45) is 0 Å². The van der Waals surface area contributed by atoms with Gasteiger partial charge in [0.25, 0.3) is 0 Å². The molecule has 0 spiro atoms. The molecule has 0 aliphatic heterocycles. The minimum Gasteiger partial charge on any atom is -0.444 e. The van der Waals surface area contributed by atoms with E-state index >= 15 is 0 Å². The van der Waals surface area contributed by atoms with Crippen LogP contribution < -0.4 is 5.32 Å². The zero-order valence-electron chi connectivity index (χ0n) is 9.89. The Bertz CT molecular complexity index is 308. The number of allylic oxidation sites excluding steroid dienone is 3. The molecule has 1 amide bonds. The van der Waals surface area contributed by atoms with Crippen molar-refractivity contribution in [3.05, 3.63) is 23.4 Å². The maximum absolute atomic E-state index is 11.5. The summed E-state index contributed by atoms with van der Waals surface area (Å²) in [6, 6.07) is 0. The van der Waals surface area contributed by atoms with Gasteiger partial charge in [0.05, 0.1) is 0 Å². The van der Waals surface area contributed by atoms with Crippen molar-refractivity contribution in [2.45, 2.75) is 46.1 Å². The summed E-state index contributed by atoms with van der Waals surface area (Å²) in [7, 11) is 0. The normalized spacial score (nSPS) is 16.5. The molecule has 0 bridgehead atoms. The van der Waals surface area contributed by atoms with E-state index in [1.165, 1.54) is 0 Å². The third-order valence-corrected chi connectivity index (χ3v) is 2.03. The van der Waals surface area contributed by atoms with Crippen LogP contribution in [0.25, 0.3) is 0 Å². The molecule has 0 fully saturated rings. The zero-order valence-corrected chi connectivity index (χ0v) is 9.89. The SMILES string of the molecule is CC1=CCCC=C1NC(=O)OC(C)(C)C. The van der Waals surface area contributed by atoms with Gasteiger partial charge in [-0.05, 0) is 46.1 Å². The van der Waals surface area contributed by atoms with Crippen molar-refractivity contribution >= 4 is 6.09 Å². The average Bonchev–Trinajstić information content (AvgIpc) is 2.05. The summed E-state index contributed by atoms with van der Waals surface area (Å²) in [4.78, 5) is 11.5. The predicted molar refractivity (Wildman–Crippen MR) is 60.4 cm³/mol. The van der Waals surface area contributed by atoms with Gasteiger partial charge in [0.2, 0.25) is 0 Å². The highest BCUT2D eigenvalue weighted by molar-refractivity contribution is 5.71. The van der Waals surface area contributed by atoms with E-state index in [0.717, 1.165) is 24.1 Å². The fourth-order valence-corrected chi connectivity index (χ4v) is 1.36. The first-order valence-electron chi connectivity index (χ1n) is 5.26. The van der Waals surface area contributed by atoms with Crippen molar-refractivity contribution in [3.63, 3.8) is 0 Å². The Morgan fingerprint density at radius 1 is 1.33 bits per heavy atom. The van der Waals surface area contributed by atoms with E-state index in [1.807, 2.05) is 33.8 Å². The molecule has 0 unspecified atom stereocenters. The minimum absolute atomic E-state index is 0.386. The van der Waals surface area contributed by atoms with Crippen molar-refractivity contribution in [1.82, 2.24) is 5.32 Å². The molecule has 1 N–H and O–H groups in total. The highest BCUT2D eigenvalue weighted by atomic mass is 16.6. The highest BCUT2D eigenvalue weighted by Gasteiger charge is 2.17. The predicted octanol–water partition coefficient (Wildman–Crippen LogP) is 3.14. The summed E-state index contributed by atoms with van der Waals surface area (Å²) < 4.78 is 5.17. The summed E-state index contributed by atoms with van der Waals surface area (Å²) in [5.74, 6) is 0. The zero-order chi connectivity index (χ0) is 11.5. The topological polar surface area (TPSA) is 38.3 Å². The van der Waals surface area contributed by atoms with E-state index in [-0.39, 0.29) is 6.09 Å². The maximum atomic E-state index is 11.5. The molecule has 0 radical (unpaired) electrons. The van der Waals surface area contributed by atoms with Crippen LogP contribution in [0.5, 0.6) is 0 Å². The van der Waals surface area contributed by atoms with Gasteiger partial charge in [-0.2, -0.15) is 0 Å². The molecule has 1 rings (SSSR count). The van der Waals surface area contributed by atoms with Crippen LogP contribution in [-0.4, -0.2) is 11.7 Å². The van der Waals surface area contributed by atoms with Crippen molar-refractivity contribution < 1.29 is 9.53 Å². The lowest BCUT2D eigenvalue weighted by atomic mass is 10.1. The van der Waals surface area contributed by atoms with E-state index in [1.54, 1.807) is 0 Å². The number of amides is 1. The second kappa shape index (κ2) is 4.51. The number of hydrogen-bond acceptors (Lipinski definition) is 2. The van der Waals surface area contributed by atoms with Gasteiger partial charge < -0.3 is 4.74 Å². The molecule has 0 aromatic carbocycles. The molecule has 0 saturated heterocycles. The first-order chi connectivity index (χ1) is 6.88. The molecule has 15 heavy (non-hydrogen) atoms. The number of nitrogens with one attached hydrogen (secondary N) is 1. The largest absolute Gasteiger partial charge is 0.444 e. The Morgan fingerprint density at radius 3 is 2.47 bits per heavy atom. The quantitative estimate of drug-likeness (QED) is 0.720. The molecule has 1 aliphatic rings. The number of alkyl carbamates (subject to hydrolysis) is 1. The summed E-state index contributed by atoms with van der Waals surface area (Å²) in [5, 5.41) is 2.76. The van der Waals surface area contributed by atoms with E-state index < -0.39 is 5.60 Å². The lowest BCUT2D eigenvalue weighted by molar-refractivity contribution is 0.0547. The number of rotatable bonds is 1. The Kier molecular flexibility index (Phi) is 3.56. The Balaban J connectivity index is 2.52. The van der Waals surface area contributed by atoms with Gasteiger partial charge in [0, 0.05) is 5.70 Å². The summed E-state index contributed by atoms with van der Waals surface area (Å²) in [5.41, 5.74) is 1.53. The standard InChI is InChI=1S/C12H19NO2/c1-9-7-5-6-8-10(9)13-11(14)15-12(2,3)4/h7-8H,5-6H2,1-4H3,(H,13,14). The van der Waals surface area contributed by atoms with E-state index in [9.17, 15) is 4.79 Å². The molecule has 1 aliphatic carbocycles. The van der Waals surface area contributed by atoms with Gasteiger partial charge in [-0.15, -0.1) is 0 Å². The molecule has 0 saturated carbocycles. The smallest absolute Gasteiger partial charge is 0.412 e. The Morgan fingerprint density at radius 2 is 1.93 bits per heavy atom. The molecule has 0 aromatic rings. The highest BCUT2D eigenvalue weighted by Crippen LogP contribution is 2.16. The second-order valence-corrected chi connectivity index (χ2v) is 4.71. The van der Waals surface area contributed by atoms with Crippen molar-refractivity contribution in [1.29, 1.82) is 0 Å². The van der Waals surface area contributed by atoms with Crippen LogP contribution in [0.15, 0.2) is 23.4 Å². The lowest BCUT2D eigenvalue weighted by Gasteiger charge is -2.21. The minimum atomic E-state index is -0.447. The molecular formula is C12H19NO2. The van der Waals surface area contributed by atoms with Crippen LogP contribution in [0.3, 0.4) is 0 Å². The third-order valence-electron chi connectivity index (χ3n) is 2.03. The average molecular weight is 209 g/mol. The first-order valence-corrected chi connectivity index (χ1v) is 5.26. The van der Waals surface area contributed by atoms with E-state index in [4.69, 9.17) is 4.74 Å². The molecule has 0 heterocycles. The van der Waals surface area contributed by atoms with Gasteiger partial charge in [-0.3, -0.25) is 5.32 Å². The summed E-state index contributed by atoms with van der Waals surface area (Å²) in [6.45, 7) is 7.54. The first kappa shape index (κ1) is 11.8. The molecule has 3 nitrogen and oxygen atoms in total. The van der Waals surface area contributed by atoms with Gasteiger partial charge in [0.1, 0.15) is 5.60 Å². The van der Waals surface area contributed by atoms with Crippen LogP contribution in [-0.2, 0) is 4.74 Å².